The molecule has 1 fully saturated rings. The average Bonchev–Trinajstić information content (AvgIpc) is 2.95. The highest BCUT2D eigenvalue weighted by atomic mass is 35.5. The largest absolute Gasteiger partial charge is 0.490 e. The highest BCUT2D eigenvalue weighted by molar-refractivity contribution is 6.34. The molecule has 4 rings (SSSR count). The van der Waals surface area contributed by atoms with Crippen molar-refractivity contribution in [3.63, 3.8) is 0 Å². The smallest absolute Gasteiger partial charge is 0.238 e. The van der Waals surface area contributed by atoms with E-state index < -0.39 is 0 Å². The number of nitrogens with zero attached hydrogens (tertiary/aromatic N) is 1. The topological polar surface area (TPSA) is 50.8 Å². The van der Waals surface area contributed by atoms with Crippen LogP contribution >= 0.6 is 11.6 Å². The van der Waals surface area contributed by atoms with Crippen LogP contribution in [0.2, 0.25) is 5.02 Å². The van der Waals surface area contributed by atoms with Crippen molar-refractivity contribution in [2.45, 2.75) is 25.7 Å². The van der Waals surface area contributed by atoms with Gasteiger partial charge in [0, 0.05) is 18.6 Å². The summed E-state index contributed by atoms with van der Waals surface area (Å²) in [5, 5.41) is 3.33. The minimum Gasteiger partial charge on any atom is -0.490 e. The van der Waals surface area contributed by atoms with Gasteiger partial charge in [0.25, 0.3) is 0 Å². The first-order valence-electron chi connectivity index (χ1n) is 10.4. The van der Waals surface area contributed by atoms with Crippen LogP contribution in [0.4, 0.5) is 10.1 Å². The van der Waals surface area contributed by atoms with Crippen molar-refractivity contribution < 1.29 is 18.7 Å². The summed E-state index contributed by atoms with van der Waals surface area (Å²) in [6, 6.07) is 10.2. The summed E-state index contributed by atoms with van der Waals surface area (Å²) in [6.07, 6.45) is 3.68. The van der Waals surface area contributed by atoms with E-state index in [9.17, 15) is 9.18 Å². The molecule has 2 aromatic carbocycles. The average molecular weight is 433 g/mol. The molecule has 0 aromatic heterocycles. The molecule has 2 aliphatic rings. The zero-order chi connectivity index (χ0) is 20.9. The molecule has 2 aromatic rings. The Bertz CT molecular complexity index is 900. The second kappa shape index (κ2) is 9.67. The first-order valence-corrected chi connectivity index (χ1v) is 10.8. The molecule has 5 nitrogen and oxygen atoms in total. The lowest BCUT2D eigenvalue weighted by molar-refractivity contribution is -0.117. The Labute approximate surface area is 181 Å². The van der Waals surface area contributed by atoms with E-state index in [1.807, 2.05) is 6.07 Å². The van der Waals surface area contributed by atoms with Crippen LogP contribution in [-0.4, -0.2) is 43.7 Å². The first-order chi connectivity index (χ1) is 14.6. The standard InChI is InChI=1S/C23H26ClFN2O3/c24-19-13-21-22(30-10-2-9-29-21)14-20(19)26-23(28)15-27-7-5-16(6-8-27)11-17-3-1-4-18(25)12-17/h1,3-4,12-14,16H,2,5-11,15H2,(H,26,28). The van der Waals surface area contributed by atoms with Crippen molar-refractivity contribution in [3.8, 4) is 11.5 Å². The second-order valence-corrected chi connectivity index (χ2v) is 8.34. The molecule has 0 bridgehead atoms. The molecule has 0 unspecified atom stereocenters. The molecule has 1 amide bonds. The highest BCUT2D eigenvalue weighted by Gasteiger charge is 2.22. The number of carbonyl (C=O) groups is 1. The van der Waals surface area contributed by atoms with E-state index in [4.69, 9.17) is 21.1 Å². The van der Waals surface area contributed by atoms with Gasteiger partial charge >= 0.3 is 0 Å². The summed E-state index contributed by atoms with van der Waals surface area (Å²) in [7, 11) is 0. The number of nitrogens with one attached hydrogen (secondary N) is 1. The van der Waals surface area contributed by atoms with Gasteiger partial charge in [0.15, 0.2) is 11.5 Å². The van der Waals surface area contributed by atoms with Gasteiger partial charge in [-0.3, -0.25) is 9.69 Å². The van der Waals surface area contributed by atoms with Crippen LogP contribution in [0.15, 0.2) is 36.4 Å². The van der Waals surface area contributed by atoms with E-state index in [-0.39, 0.29) is 11.7 Å². The Balaban J connectivity index is 1.27. The maximum Gasteiger partial charge on any atom is 0.238 e. The highest BCUT2D eigenvalue weighted by Crippen LogP contribution is 2.37. The number of hydrogen-bond donors (Lipinski definition) is 1. The van der Waals surface area contributed by atoms with Crippen molar-refractivity contribution >= 4 is 23.2 Å². The molecule has 2 heterocycles. The number of piperidine rings is 1. The van der Waals surface area contributed by atoms with Crippen LogP contribution in [0.25, 0.3) is 0 Å². The fourth-order valence-corrected chi connectivity index (χ4v) is 4.22. The van der Waals surface area contributed by atoms with Crippen molar-refractivity contribution in [3.05, 3.63) is 52.8 Å². The van der Waals surface area contributed by atoms with Gasteiger partial charge in [0.2, 0.25) is 5.91 Å². The normalized spacial score (nSPS) is 17.4. The summed E-state index contributed by atoms with van der Waals surface area (Å²) in [4.78, 5) is 14.7. The van der Waals surface area contributed by atoms with Crippen LogP contribution in [0.1, 0.15) is 24.8 Å². The monoisotopic (exact) mass is 432 g/mol. The molecule has 160 valence electrons. The number of ether oxygens (including phenoxy) is 2. The van der Waals surface area contributed by atoms with Crippen molar-refractivity contribution in [2.24, 2.45) is 5.92 Å². The Kier molecular flexibility index (Phi) is 6.75. The molecular weight excluding hydrogens is 407 g/mol. The molecule has 2 aliphatic heterocycles. The summed E-state index contributed by atoms with van der Waals surface area (Å²) in [6.45, 7) is 3.18. The third kappa shape index (κ3) is 5.43. The fraction of sp³-hybridized carbons (Fsp3) is 0.435. The van der Waals surface area contributed by atoms with E-state index in [1.165, 1.54) is 6.07 Å². The fourth-order valence-electron chi connectivity index (χ4n) is 4.02. The predicted octanol–water partition coefficient (Wildman–Crippen LogP) is 4.53. The third-order valence-corrected chi connectivity index (χ3v) is 5.91. The van der Waals surface area contributed by atoms with Gasteiger partial charge in [0.1, 0.15) is 5.82 Å². The van der Waals surface area contributed by atoms with E-state index in [2.05, 4.69) is 10.2 Å². The van der Waals surface area contributed by atoms with Gasteiger partial charge in [-0.25, -0.2) is 4.39 Å². The van der Waals surface area contributed by atoms with Crippen molar-refractivity contribution in [2.75, 3.05) is 38.2 Å². The number of likely N-dealkylation sites (tertiary alicyclic amines) is 1. The number of hydrogen-bond acceptors (Lipinski definition) is 4. The predicted molar refractivity (Wildman–Crippen MR) is 115 cm³/mol. The maximum atomic E-state index is 13.4. The van der Waals surface area contributed by atoms with Gasteiger partial charge in [0.05, 0.1) is 30.5 Å². The Morgan fingerprint density at radius 3 is 2.60 bits per heavy atom. The quantitative estimate of drug-likeness (QED) is 0.754. The van der Waals surface area contributed by atoms with Crippen LogP contribution < -0.4 is 14.8 Å². The molecule has 0 atom stereocenters. The molecule has 0 spiro atoms. The lowest BCUT2D eigenvalue weighted by atomic mass is 9.90. The molecule has 1 N–H and O–H groups in total. The van der Waals surface area contributed by atoms with Crippen LogP contribution in [-0.2, 0) is 11.2 Å². The second-order valence-electron chi connectivity index (χ2n) is 7.93. The van der Waals surface area contributed by atoms with E-state index >= 15 is 0 Å². The van der Waals surface area contributed by atoms with Gasteiger partial charge < -0.3 is 14.8 Å². The molecule has 1 saturated heterocycles. The third-order valence-electron chi connectivity index (χ3n) is 5.60. The van der Waals surface area contributed by atoms with E-state index in [1.54, 1.807) is 24.3 Å². The van der Waals surface area contributed by atoms with E-state index in [0.717, 1.165) is 44.3 Å². The summed E-state index contributed by atoms with van der Waals surface area (Å²) in [5.41, 5.74) is 1.57. The summed E-state index contributed by atoms with van der Waals surface area (Å²) >= 11 is 6.32. The SMILES string of the molecule is O=C(CN1CCC(Cc2cccc(F)c2)CC1)Nc1cc2c(cc1Cl)OCCCO2. The number of amides is 1. The molecule has 30 heavy (non-hydrogen) atoms. The first kappa shape index (κ1) is 20.9. The van der Waals surface area contributed by atoms with Crippen molar-refractivity contribution in [1.82, 2.24) is 4.90 Å². The number of fused-ring (bicyclic) bond motifs is 1. The number of carbonyl (C=O) groups excluding carboxylic acids is 1. The van der Waals surface area contributed by atoms with Gasteiger partial charge in [-0.2, -0.15) is 0 Å². The number of halogens is 2. The molecule has 7 heteroatoms. The minimum absolute atomic E-state index is 0.102. The molecule has 0 saturated carbocycles. The van der Waals surface area contributed by atoms with Crippen LogP contribution in [0.5, 0.6) is 11.5 Å². The molecular formula is C23H26ClFN2O3. The summed E-state index contributed by atoms with van der Waals surface area (Å²) < 4.78 is 24.7. The van der Waals surface area contributed by atoms with Crippen LogP contribution in [0.3, 0.4) is 0 Å². The van der Waals surface area contributed by atoms with Gasteiger partial charge in [-0.15, -0.1) is 0 Å². The zero-order valence-electron chi connectivity index (χ0n) is 16.8. The Morgan fingerprint density at radius 1 is 1.13 bits per heavy atom. The maximum absolute atomic E-state index is 13.4. The Morgan fingerprint density at radius 2 is 1.87 bits per heavy atom. The van der Waals surface area contributed by atoms with Gasteiger partial charge in [-0.1, -0.05) is 23.7 Å². The van der Waals surface area contributed by atoms with Crippen molar-refractivity contribution in [1.29, 1.82) is 0 Å². The van der Waals surface area contributed by atoms with E-state index in [0.29, 0.717) is 47.9 Å². The van der Waals surface area contributed by atoms with Gasteiger partial charge in [-0.05, 0) is 56.0 Å². The Hall–Kier alpha value is -2.31. The summed E-state index contributed by atoms with van der Waals surface area (Å²) in [5.74, 6) is 1.44. The lowest BCUT2D eigenvalue weighted by Gasteiger charge is -2.31. The molecule has 0 aliphatic carbocycles. The number of rotatable bonds is 5. The lowest BCUT2D eigenvalue weighted by Crippen LogP contribution is -2.39. The zero-order valence-corrected chi connectivity index (χ0v) is 17.6. The number of anilines is 1. The minimum atomic E-state index is -0.185. The molecule has 0 radical (unpaired) electrons. The number of benzene rings is 2. The van der Waals surface area contributed by atoms with Crippen LogP contribution in [0, 0.1) is 11.7 Å².